The molecule has 0 spiro atoms. The van der Waals surface area contributed by atoms with Crippen molar-refractivity contribution >= 4 is 21.4 Å². The van der Waals surface area contributed by atoms with Crippen LogP contribution in [0.25, 0.3) is 5.57 Å². The molecule has 0 N–H and O–H groups in total. The maximum absolute atomic E-state index is 12.2. The SMILES string of the molecule is CC(C)(C)OC(=O)c1cccc(C2=CC3CCC(C2)S3(=O)=O)c1. The van der Waals surface area contributed by atoms with E-state index in [4.69, 9.17) is 4.74 Å². The zero-order valence-corrected chi connectivity index (χ0v) is 14.5. The van der Waals surface area contributed by atoms with Crippen molar-refractivity contribution in [2.24, 2.45) is 0 Å². The second-order valence-corrected chi connectivity index (χ2v) is 9.76. The lowest BCUT2D eigenvalue weighted by molar-refractivity contribution is 0.00695. The number of rotatable bonds is 2. The highest BCUT2D eigenvalue weighted by atomic mass is 32.2. The van der Waals surface area contributed by atoms with Gasteiger partial charge >= 0.3 is 5.97 Å². The Balaban J connectivity index is 1.88. The molecular weight excluding hydrogens is 312 g/mol. The Labute approximate surface area is 137 Å². The summed E-state index contributed by atoms with van der Waals surface area (Å²) < 4.78 is 29.7. The van der Waals surface area contributed by atoms with Crippen molar-refractivity contribution < 1.29 is 17.9 Å². The van der Waals surface area contributed by atoms with E-state index in [0.717, 1.165) is 17.6 Å². The van der Waals surface area contributed by atoms with Crippen LogP contribution in [-0.2, 0) is 14.6 Å². The molecule has 1 saturated heterocycles. The van der Waals surface area contributed by atoms with Gasteiger partial charge in [0.1, 0.15) is 5.60 Å². The van der Waals surface area contributed by atoms with Gasteiger partial charge in [-0.2, -0.15) is 0 Å². The Hall–Kier alpha value is -1.62. The van der Waals surface area contributed by atoms with Crippen molar-refractivity contribution in [1.82, 2.24) is 0 Å². The molecule has 1 aromatic carbocycles. The van der Waals surface area contributed by atoms with Crippen LogP contribution in [0.2, 0.25) is 0 Å². The second-order valence-electron chi connectivity index (χ2n) is 7.31. The molecule has 2 heterocycles. The summed E-state index contributed by atoms with van der Waals surface area (Å²) in [4.78, 5) is 12.2. The molecule has 2 atom stereocenters. The third-order valence-electron chi connectivity index (χ3n) is 4.36. The van der Waals surface area contributed by atoms with Crippen molar-refractivity contribution in [2.75, 3.05) is 0 Å². The molecule has 0 saturated carbocycles. The summed E-state index contributed by atoms with van der Waals surface area (Å²) in [7, 11) is -2.99. The van der Waals surface area contributed by atoms with Gasteiger partial charge in [-0.15, -0.1) is 0 Å². The molecule has 4 nitrogen and oxygen atoms in total. The summed E-state index contributed by atoms with van der Waals surface area (Å²) in [5.41, 5.74) is 1.90. The Bertz CT molecular complexity index is 768. The maximum Gasteiger partial charge on any atom is 0.338 e. The molecule has 0 radical (unpaired) electrons. The molecule has 0 aromatic heterocycles. The summed E-state index contributed by atoms with van der Waals surface area (Å²) >= 11 is 0. The predicted molar refractivity (Wildman–Crippen MR) is 89.9 cm³/mol. The number of carbonyl (C=O) groups is 1. The van der Waals surface area contributed by atoms with Crippen molar-refractivity contribution in [3.8, 4) is 0 Å². The quantitative estimate of drug-likeness (QED) is 0.778. The number of fused-ring (bicyclic) bond motifs is 2. The van der Waals surface area contributed by atoms with Gasteiger partial charge in [0.15, 0.2) is 9.84 Å². The number of hydrogen-bond acceptors (Lipinski definition) is 4. The van der Waals surface area contributed by atoms with Crippen molar-refractivity contribution in [2.45, 2.75) is 56.1 Å². The average molecular weight is 334 g/mol. The monoisotopic (exact) mass is 334 g/mol. The van der Waals surface area contributed by atoms with Crippen LogP contribution < -0.4 is 0 Å². The average Bonchev–Trinajstić information content (AvgIpc) is 2.66. The minimum Gasteiger partial charge on any atom is -0.456 e. The largest absolute Gasteiger partial charge is 0.456 e. The highest BCUT2D eigenvalue weighted by molar-refractivity contribution is 7.93. The second kappa shape index (κ2) is 5.48. The van der Waals surface area contributed by atoms with Crippen LogP contribution in [0.5, 0.6) is 0 Å². The number of carbonyl (C=O) groups excluding carboxylic acids is 1. The third-order valence-corrected chi connectivity index (χ3v) is 6.91. The van der Waals surface area contributed by atoms with Crippen molar-refractivity contribution in [3.05, 3.63) is 41.5 Å². The van der Waals surface area contributed by atoms with Gasteiger partial charge in [0.05, 0.1) is 16.1 Å². The van der Waals surface area contributed by atoms with Gasteiger partial charge in [-0.05, 0) is 63.3 Å². The first-order valence-electron chi connectivity index (χ1n) is 7.94. The van der Waals surface area contributed by atoms with Gasteiger partial charge in [-0.1, -0.05) is 18.2 Å². The molecule has 3 rings (SSSR count). The maximum atomic E-state index is 12.2. The van der Waals surface area contributed by atoms with Gasteiger partial charge in [-0.25, -0.2) is 13.2 Å². The summed E-state index contributed by atoms with van der Waals surface area (Å²) in [5, 5.41) is -0.626. The van der Waals surface area contributed by atoms with Crippen molar-refractivity contribution in [3.63, 3.8) is 0 Å². The lowest BCUT2D eigenvalue weighted by Gasteiger charge is -2.22. The zero-order chi connectivity index (χ0) is 16.8. The predicted octanol–water partition coefficient (Wildman–Crippen LogP) is 3.37. The minimum atomic E-state index is -2.99. The molecule has 0 aliphatic carbocycles. The van der Waals surface area contributed by atoms with Crippen molar-refractivity contribution in [1.29, 1.82) is 0 Å². The van der Waals surface area contributed by atoms with Crippen LogP contribution in [-0.4, -0.2) is 30.5 Å². The fourth-order valence-corrected chi connectivity index (χ4v) is 5.45. The lowest BCUT2D eigenvalue weighted by atomic mass is 9.99. The van der Waals surface area contributed by atoms with Crippen LogP contribution in [0, 0.1) is 0 Å². The highest BCUT2D eigenvalue weighted by Gasteiger charge is 2.43. The van der Waals surface area contributed by atoms with E-state index in [0.29, 0.717) is 18.4 Å². The first-order valence-corrected chi connectivity index (χ1v) is 9.55. The van der Waals surface area contributed by atoms with Gasteiger partial charge in [0, 0.05) is 0 Å². The van der Waals surface area contributed by atoms with E-state index < -0.39 is 15.4 Å². The molecule has 23 heavy (non-hydrogen) atoms. The summed E-state index contributed by atoms with van der Waals surface area (Å²) in [6.07, 6.45) is 3.85. The molecule has 2 bridgehead atoms. The van der Waals surface area contributed by atoms with E-state index in [2.05, 4.69) is 0 Å². The lowest BCUT2D eigenvalue weighted by Crippen LogP contribution is -2.26. The third kappa shape index (κ3) is 3.20. The van der Waals surface area contributed by atoms with Gasteiger partial charge < -0.3 is 4.74 Å². The molecule has 2 aliphatic rings. The molecule has 1 fully saturated rings. The number of hydrogen-bond donors (Lipinski definition) is 0. The van der Waals surface area contributed by atoms with E-state index in [1.165, 1.54) is 0 Å². The van der Waals surface area contributed by atoms with Gasteiger partial charge in [-0.3, -0.25) is 0 Å². The first kappa shape index (κ1) is 16.2. The molecule has 124 valence electrons. The smallest absolute Gasteiger partial charge is 0.338 e. The topological polar surface area (TPSA) is 60.4 Å². The Morgan fingerprint density at radius 3 is 2.61 bits per heavy atom. The molecular formula is C18H22O4S. The number of benzene rings is 1. The van der Waals surface area contributed by atoms with Crippen LogP contribution in [0.15, 0.2) is 30.3 Å². The Morgan fingerprint density at radius 2 is 1.96 bits per heavy atom. The minimum absolute atomic E-state index is 0.266. The van der Waals surface area contributed by atoms with E-state index in [1.807, 2.05) is 39.0 Å². The fraction of sp³-hybridized carbons (Fsp3) is 0.500. The normalized spacial score (nSPS) is 25.8. The standard InChI is InChI=1S/C18H22O4S/c1-18(2,3)22-17(19)13-6-4-5-12(9-13)14-10-15-7-8-16(11-14)23(15,20)21/h4-6,9-10,15-16H,7-8,11H2,1-3H3. The summed E-state index contributed by atoms with van der Waals surface area (Å²) in [5.74, 6) is -0.355. The van der Waals surface area contributed by atoms with Crippen LogP contribution in [0.4, 0.5) is 0 Å². The van der Waals surface area contributed by atoms with Crippen LogP contribution in [0.3, 0.4) is 0 Å². The molecule has 1 aromatic rings. The van der Waals surface area contributed by atoms with E-state index >= 15 is 0 Å². The number of ether oxygens (including phenoxy) is 1. The Kier molecular flexibility index (Phi) is 3.87. The molecule has 0 amide bonds. The number of allylic oxidation sites excluding steroid dienone is 1. The highest BCUT2D eigenvalue weighted by Crippen LogP contribution is 2.40. The Morgan fingerprint density at radius 1 is 1.22 bits per heavy atom. The van der Waals surface area contributed by atoms with Crippen LogP contribution in [0.1, 0.15) is 56.0 Å². The summed E-state index contributed by atoms with van der Waals surface area (Å²) in [6, 6.07) is 7.28. The fourth-order valence-electron chi connectivity index (χ4n) is 3.26. The summed E-state index contributed by atoms with van der Waals surface area (Å²) in [6.45, 7) is 5.50. The molecule has 2 aliphatic heterocycles. The van der Waals surface area contributed by atoms with Crippen LogP contribution >= 0.6 is 0 Å². The molecule has 5 heteroatoms. The zero-order valence-electron chi connectivity index (χ0n) is 13.7. The van der Waals surface area contributed by atoms with E-state index in [1.54, 1.807) is 12.1 Å². The van der Waals surface area contributed by atoms with Gasteiger partial charge in [0.25, 0.3) is 0 Å². The first-order chi connectivity index (χ1) is 10.7. The number of esters is 1. The van der Waals surface area contributed by atoms with E-state index in [-0.39, 0.29) is 16.5 Å². The van der Waals surface area contributed by atoms with Gasteiger partial charge in [0.2, 0.25) is 0 Å². The number of sulfone groups is 1. The molecule has 2 unspecified atom stereocenters. The van der Waals surface area contributed by atoms with E-state index in [9.17, 15) is 13.2 Å².